The van der Waals surface area contributed by atoms with E-state index in [2.05, 4.69) is 12.2 Å². The minimum atomic E-state index is -0.00536. The number of hydrogen-bond donors (Lipinski definition) is 1. The van der Waals surface area contributed by atoms with Crippen molar-refractivity contribution in [2.24, 2.45) is 0 Å². The monoisotopic (exact) mass is 275 g/mol. The second-order valence-electron chi connectivity index (χ2n) is 5.68. The number of ketones is 1. The maximum Gasteiger partial charge on any atom is 0.180 e. The Labute approximate surface area is 121 Å². The summed E-state index contributed by atoms with van der Waals surface area (Å²) in [6.07, 6.45) is 3.03. The normalized spacial score (nSPS) is 18.3. The van der Waals surface area contributed by atoms with Gasteiger partial charge in [-0.25, -0.2) is 0 Å². The van der Waals surface area contributed by atoms with Gasteiger partial charge in [-0.2, -0.15) is 0 Å². The van der Waals surface area contributed by atoms with Crippen LogP contribution in [0.3, 0.4) is 0 Å². The van der Waals surface area contributed by atoms with Gasteiger partial charge in [0, 0.05) is 5.56 Å². The van der Waals surface area contributed by atoms with Crippen LogP contribution in [0, 0.1) is 20.8 Å². The van der Waals surface area contributed by atoms with Crippen molar-refractivity contribution >= 4 is 5.78 Å². The van der Waals surface area contributed by atoms with Crippen molar-refractivity contribution in [3.63, 3.8) is 0 Å². The quantitative estimate of drug-likeness (QED) is 0.838. The predicted octanol–water partition coefficient (Wildman–Crippen LogP) is 3.34. The molecule has 0 bridgehead atoms. The number of carbonyl (C=O) groups excluding carboxylic acids is 1. The van der Waals surface area contributed by atoms with Gasteiger partial charge in [0.2, 0.25) is 0 Å². The van der Waals surface area contributed by atoms with Crippen molar-refractivity contribution in [2.45, 2.75) is 53.0 Å². The number of ether oxygens (including phenoxy) is 1. The summed E-state index contributed by atoms with van der Waals surface area (Å²) in [4.78, 5) is 12.7. The maximum absolute atomic E-state index is 12.7. The van der Waals surface area contributed by atoms with Crippen LogP contribution >= 0.6 is 0 Å². The van der Waals surface area contributed by atoms with E-state index in [1.807, 2.05) is 26.8 Å². The molecule has 1 aromatic carbocycles. The van der Waals surface area contributed by atoms with Crippen LogP contribution < -0.4 is 10.1 Å². The molecule has 3 heteroatoms. The Morgan fingerprint density at radius 2 is 2.10 bits per heavy atom. The van der Waals surface area contributed by atoms with Crippen LogP contribution in [0.15, 0.2) is 6.07 Å². The minimum Gasteiger partial charge on any atom is -0.493 e. The van der Waals surface area contributed by atoms with Crippen molar-refractivity contribution < 1.29 is 9.53 Å². The number of benzene rings is 1. The van der Waals surface area contributed by atoms with Gasteiger partial charge in [-0.05, 0) is 69.3 Å². The van der Waals surface area contributed by atoms with Crippen LogP contribution in [0.4, 0.5) is 0 Å². The molecule has 20 heavy (non-hydrogen) atoms. The lowest BCUT2D eigenvalue weighted by Gasteiger charge is -2.18. The van der Waals surface area contributed by atoms with Crippen molar-refractivity contribution in [3.05, 3.63) is 28.3 Å². The first-order valence-electron chi connectivity index (χ1n) is 7.57. The first-order chi connectivity index (χ1) is 9.56. The highest BCUT2D eigenvalue weighted by molar-refractivity contribution is 6.03. The van der Waals surface area contributed by atoms with Crippen LogP contribution in [0.1, 0.15) is 53.2 Å². The third kappa shape index (κ3) is 2.88. The molecule has 1 heterocycles. The Kier molecular flexibility index (Phi) is 4.81. The van der Waals surface area contributed by atoms with E-state index in [0.29, 0.717) is 0 Å². The molecule has 110 valence electrons. The van der Waals surface area contributed by atoms with Crippen molar-refractivity contribution in [3.8, 4) is 5.75 Å². The molecule has 1 fully saturated rings. The largest absolute Gasteiger partial charge is 0.493 e. The van der Waals surface area contributed by atoms with E-state index in [0.717, 1.165) is 60.4 Å². The van der Waals surface area contributed by atoms with Gasteiger partial charge in [-0.3, -0.25) is 4.79 Å². The molecule has 1 atom stereocenters. The fourth-order valence-corrected chi connectivity index (χ4v) is 2.87. The molecule has 1 saturated heterocycles. The van der Waals surface area contributed by atoms with Gasteiger partial charge in [0.1, 0.15) is 5.75 Å². The van der Waals surface area contributed by atoms with Crippen LogP contribution in [-0.2, 0) is 0 Å². The molecule has 0 aliphatic carbocycles. The van der Waals surface area contributed by atoms with Crippen LogP contribution in [0.25, 0.3) is 0 Å². The zero-order valence-corrected chi connectivity index (χ0v) is 13.0. The Morgan fingerprint density at radius 3 is 2.70 bits per heavy atom. The summed E-state index contributed by atoms with van der Waals surface area (Å²) < 4.78 is 5.78. The lowest BCUT2D eigenvalue weighted by molar-refractivity contribution is 0.0951. The molecule has 0 spiro atoms. The summed E-state index contributed by atoms with van der Waals surface area (Å²) in [7, 11) is 0. The Balaban J connectivity index is 2.34. The van der Waals surface area contributed by atoms with Gasteiger partial charge < -0.3 is 10.1 Å². The number of rotatable bonds is 5. The molecule has 2 rings (SSSR count). The van der Waals surface area contributed by atoms with E-state index < -0.39 is 0 Å². The van der Waals surface area contributed by atoms with Gasteiger partial charge in [-0.15, -0.1) is 0 Å². The summed E-state index contributed by atoms with van der Waals surface area (Å²) in [5.41, 5.74) is 4.06. The summed E-state index contributed by atoms with van der Waals surface area (Å²) in [6, 6.07) is 2.01. The second kappa shape index (κ2) is 6.40. The highest BCUT2D eigenvalue weighted by atomic mass is 16.5. The van der Waals surface area contributed by atoms with Gasteiger partial charge >= 0.3 is 0 Å². The smallest absolute Gasteiger partial charge is 0.180 e. The summed E-state index contributed by atoms with van der Waals surface area (Å²) in [6.45, 7) is 9.84. The highest BCUT2D eigenvalue weighted by Gasteiger charge is 2.26. The summed E-state index contributed by atoms with van der Waals surface area (Å²) in [5.74, 6) is 1.15. The first kappa shape index (κ1) is 15.0. The van der Waals surface area contributed by atoms with E-state index in [-0.39, 0.29) is 11.8 Å². The maximum atomic E-state index is 12.7. The van der Waals surface area contributed by atoms with E-state index in [1.165, 1.54) is 0 Å². The number of carbonyl (C=O) groups is 1. The highest BCUT2D eigenvalue weighted by Crippen LogP contribution is 2.29. The SMILES string of the molecule is CCCOc1cc(C)c(C(=O)C2CCCN2)c(C)c1C. The Hall–Kier alpha value is -1.35. The van der Waals surface area contributed by atoms with Crippen LogP contribution in [-0.4, -0.2) is 25.0 Å². The Bertz CT molecular complexity index is 502. The van der Waals surface area contributed by atoms with Gasteiger partial charge in [0.15, 0.2) is 5.78 Å². The predicted molar refractivity (Wildman–Crippen MR) is 81.8 cm³/mol. The standard InChI is InChI=1S/C17H25NO2/c1-5-9-20-15-10-11(2)16(13(4)12(15)3)17(19)14-7-6-8-18-14/h10,14,18H,5-9H2,1-4H3. The van der Waals surface area contributed by atoms with Crippen molar-refractivity contribution in [1.82, 2.24) is 5.32 Å². The zero-order chi connectivity index (χ0) is 14.7. The lowest BCUT2D eigenvalue weighted by atomic mass is 9.91. The second-order valence-corrected chi connectivity index (χ2v) is 5.68. The first-order valence-corrected chi connectivity index (χ1v) is 7.57. The van der Waals surface area contributed by atoms with Crippen molar-refractivity contribution in [2.75, 3.05) is 13.2 Å². The lowest BCUT2D eigenvalue weighted by Crippen LogP contribution is -2.31. The molecule has 1 unspecified atom stereocenters. The molecule has 1 N–H and O–H groups in total. The summed E-state index contributed by atoms with van der Waals surface area (Å²) in [5, 5.41) is 3.30. The molecular weight excluding hydrogens is 250 g/mol. The number of Topliss-reactive ketones (excluding diaryl/α,β-unsaturated/α-hetero) is 1. The Morgan fingerprint density at radius 1 is 1.35 bits per heavy atom. The average Bonchev–Trinajstić information content (AvgIpc) is 2.95. The van der Waals surface area contributed by atoms with Gasteiger partial charge in [0.25, 0.3) is 0 Å². The fraction of sp³-hybridized carbons (Fsp3) is 0.588. The molecule has 1 aromatic rings. The number of nitrogens with one attached hydrogen (secondary N) is 1. The molecule has 0 amide bonds. The third-order valence-corrected chi connectivity index (χ3v) is 4.13. The fourth-order valence-electron chi connectivity index (χ4n) is 2.87. The van der Waals surface area contributed by atoms with Crippen LogP contribution in [0.2, 0.25) is 0 Å². The van der Waals surface area contributed by atoms with Crippen molar-refractivity contribution in [1.29, 1.82) is 0 Å². The van der Waals surface area contributed by atoms with Gasteiger partial charge in [-0.1, -0.05) is 6.92 Å². The molecule has 0 aromatic heterocycles. The van der Waals surface area contributed by atoms with E-state index in [9.17, 15) is 4.79 Å². The molecule has 1 aliphatic heterocycles. The zero-order valence-electron chi connectivity index (χ0n) is 13.0. The van der Waals surface area contributed by atoms with Gasteiger partial charge in [0.05, 0.1) is 12.6 Å². The topological polar surface area (TPSA) is 38.3 Å². The minimum absolute atomic E-state index is 0.00536. The third-order valence-electron chi connectivity index (χ3n) is 4.13. The summed E-state index contributed by atoms with van der Waals surface area (Å²) >= 11 is 0. The van der Waals surface area contributed by atoms with E-state index in [1.54, 1.807) is 0 Å². The number of aryl methyl sites for hydroxylation is 1. The van der Waals surface area contributed by atoms with E-state index >= 15 is 0 Å². The average molecular weight is 275 g/mol. The molecular formula is C17H25NO2. The van der Waals surface area contributed by atoms with Crippen LogP contribution in [0.5, 0.6) is 5.75 Å². The number of hydrogen-bond acceptors (Lipinski definition) is 3. The molecule has 0 radical (unpaired) electrons. The molecule has 0 saturated carbocycles. The van der Waals surface area contributed by atoms with E-state index in [4.69, 9.17) is 4.74 Å². The molecule has 1 aliphatic rings. The molecule has 3 nitrogen and oxygen atoms in total.